The Morgan fingerprint density at radius 2 is 1.86 bits per heavy atom. The van der Waals surface area contributed by atoms with Crippen molar-refractivity contribution in [2.75, 3.05) is 12.9 Å². The van der Waals surface area contributed by atoms with Gasteiger partial charge in [0.25, 0.3) is 11.2 Å². The molecule has 0 bridgehead atoms. The summed E-state index contributed by atoms with van der Waals surface area (Å²) in [5, 5.41) is 11.8. The largest absolute Gasteiger partial charge is 0.497 e. The predicted octanol–water partition coefficient (Wildman–Crippen LogP) is 3.69. The highest BCUT2D eigenvalue weighted by Gasteiger charge is 2.15. The van der Waals surface area contributed by atoms with Gasteiger partial charge in [0.15, 0.2) is 5.16 Å². The Bertz CT molecular complexity index is 1520. The predicted molar refractivity (Wildman–Crippen MR) is 138 cm³/mol. The number of para-hydroxylation sites is 1. The number of amides is 1. The maximum atomic E-state index is 13.3. The van der Waals surface area contributed by atoms with Crippen LogP contribution in [-0.4, -0.2) is 33.2 Å². The summed E-state index contributed by atoms with van der Waals surface area (Å²) < 4.78 is 6.66. The molecule has 2 N–H and O–H groups in total. The van der Waals surface area contributed by atoms with Crippen LogP contribution >= 0.6 is 11.8 Å². The van der Waals surface area contributed by atoms with Crippen molar-refractivity contribution in [1.29, 1.82) is 0 Å². The van der Waals surface area contributed by atoms with Crippen molar-refractivity contribution in [2.24, 2.45) is 0 Å². The van der Waals surface area contributed by atoms with Crippen LogP contribution < -0.4 is 21.1 Å². The number of carbonyl (C=O) groups is 1. The number of rotatable bonds is 9. The van der Waals surface area contributed by atoms with E-state index in [4.69, 9.17) is 4.74 Å². The third-order valence-corrected chi connectivity index (χ3v) is 6.10. The summed E-state index contributed by atoms with van der Waals surface area (Å²) in [6.45, 7) is 3.81. The van der Waals surface area contributed by atoms with Crippen molar-refractivity contribution in [2.45, 2.75) is 5.16 Å². The van der Waals surface area contributed by atoms with E-state index in [0.29, 0.717) is 33.1 Å². The van der Waals surface area contributed by atoms with Crippen LogP contribution in [-0.2, 0) is 4.79 Å². The van der Waals surface area contributed by atoms with Crippen LogP contribution in [0.4, 0.5) is 5.69 Å². The van der Waals surface area contributed by atoms with E-state index in [1.165, 1.54) is 22.8 Å². The Balaban J connectivity index is 1.51. The molecule has 3 aromatic carbocycles. The van der Waals surface area contributed by atoms with E-state index in [-0.39, 0.29) is 22.7 Å². The lowest BCUT2D eigenvalue weighted by atomic mass is 10.1. The molecule has 0 aliphatic carbocycles. The molecule has 0 fully saturated rings. The maximum absolute atomic E-state index is 13.3. The molecule has 10 nitrogen and oxygen atoms in total. The van der Waals surface area contributed by atoms with Crippen molar-refractivity contribution in [3.05, 3.63) is 105 Å². The van der Waals surface area contributed by atoms with E-state index < -0.39 is 10.8 Å². The van der Waals surface area contributed by atoms with Crippen LogP contribution in [0.5, 0.6) is 5.75 Å². The minimum absolute atomic E-state index is 0.0594. The fourth-order valence-electron chi connectivity index (χ4n) is 3.36. The van der Waals surface area contributed by atoms with Crippen LogP contribution in [0.15, 0.2) is 89.3 Å². The average Bonchev–Trinajstić information content (AvgIpc) is 2.90. The number of nitro benzene ring substituents is 1. The van der Waals surface area contributed by atoms with E-state index in [1.54, 1.807) is 61.7 Å². The molecule has 0 aliphatic heterocycles. The Morgan fingerprint density at radius 3 is 2.58 bits per heavy atom. The summed E-state index contributed by atoms with van der Waals surface area (Å²) in [6, 6.07) is 19.8. The summed E-state index contributed by atoms with van der Waals surface area (Å²) in [5.41, 5.74) is 6.69. The van der Waals surface area contributed by atoms with Crippen molar-refractivity contribution < 1.29 is 14.5 Å². The second-order valence-electron chi connectivity index (χ2n) is 7.50. The lowest BCUT2D eigenvalue weighted by Crippen LogP contribution is -2.37. The average molecular weight is 504 g/mol. The van der Waals surface area contributed by atoms with Gasteiger partial charge in [0.1, 0.15) is 5.75 Å². The fraction of sp³-hybridized carbons (Fsp3) is 0.0800. The number of benzene rings is 3. The number of methoxy groups -OCH3 is 1. The first-order chi connectivity index (χ1) is 17.4. The molecule has 4 aromatic rings. The molecule has 0 spiro atoms. The molecule has 36 heavy (non-hydrogen) atoms. The standard InChI is InChI=1S/C25H21N5O5S/c1-16(17-6-5-7-19(14-17)30(33)34)27-28-23(31)15-36-25-26-22-9-4-3-8-21(22)24(32)29(25)18-10-12-20(35-2)13-11-18/h3-14,27H,1,15H2,2H3,(H,28,31). The number of hydrogen-bond donors (Lipinski definition) is 2. The number of fused-ring (bicyclic) bond motifs is 1. The van der Waals surface area contributed by atoms with Crippen molar-refractivity contribution in [3.8, 4) is 11.4 Å². The number of hydrazine groups is 1. The second kappa shape index (κ2) is 10.7. The molecule has 0 atom stereocenters. The molecular formula is C25H21N5O5S. The van der Waals surface area contributed by atoms with Gasteiger partial charge in [-0.1, -0.05) is 42.6 Å². The summed E-state index contributed by atoms with van der Waals surface area (Å²) in [6.07, 6.45) is 0. The number of nitro groups is 1. The number of ether oxygens (including phenoxy) is 1. The molecule has 11 heteroatoms. The van der Waals surface area contributed by atoms with Gasteiger partial charge in [0.2, 0.25) is 5.91 Å². The maximum Gasteiger partial charge on any atom is 0.270 e. The smallest absolute Gasteiger partial charge is 0.270 e. The highest BCUT2D eigenvalue weighted by atomic mass is 32.2. The molecule has 1 amide bonds. The summed E-state index contributed by atoms with van der Waals surface area (Å²) >= 11 is 1.09. The van der Waals surface area contributed by atoms with Crippen molar-refractivity contribution in [1.82, 2.24) is 20.4 Å². The second-order valence-corrected chi connectivity index (χ2v) is 8.44. The molecule has 0 aliphatic rings. The zero-order valence-electron chi connectivity index (χ0n) is 19.1. The van der Waals surface area contributed by atoms with Gasteiger partial charge in [-0.05, 0) is 36.4 Å². The molecule has 182 valence electrons. The van der Waals surface area contributed by atoms with E-state index in [0.717, 1.165) is 11.8 Å². The van der Waals surface area contributed by atoms with Crippen LogP contribution in [0.2, 0.25) is 0 Å². The van der Waals surface area contributed by atoms with Crippen molar-refractivity contribution in [3.63, 3.8) is 0 Å². The van der Waals surface area contributed by atoms with Crippen LogP contribution in [0, 0.1) is 10.1 Å². The number of nitrogens with zero attached hydrogens (tertiary/aromatic N) is 3. The SMILES string of the molecule is C=C(NNC(=O)CSc1nc2ccccc2c(=O)n1-c1ccc(OC)cc1)c1cccc([N+](=O)[O-])c1. The lowest BCUT2D eigenvalue weighted by Gasteiger charge is -2.14. The van der Waals surface area contributed by atoms with E-state index in [9.17, 15) is 19.7 Å². The number of nitrogens with one attached hydrogen (secondary N) is 2. The van der Waals surface area contributed by atoms with Gasteiger partial charge in [0.05, 0.1) is 40.1 Å². The van der Waals surface area contributed by atoms with Gasteiger partial charge in [-0.25, -0.2) is 4.98 Å². The van der Waals surface area contributed by atoms with Gasteiger partial charge in [0, 0.05) is 17.7 Å². The van der Waals surface area contributed by atoms with Gasteiger partial charge in [-0.3, -0.25) is 35.1 Å². The van der Waals surface area contributed by atoms with Crippen molar-refractivity contribution >= 4 is 40.0 Å². The van der Waals surface area contributed by atoms with E-state index >= 15 is 0 Å². The molecule has 1 heterocycles. The minimum atomic E-state index is -0.509. The van der Waals surface area contributed by atoms with Gasteiger partial charge in [-0.15, -0.1) is 0 Å². The summed E-state index contributed by atoms with van der Waals surface area (Å²) in [5.74, 6) is 0.176. The van der Waals surface area contributed by atoms with Crippen LogP contribution in [0.25, 0.3) is 22.3 Å². The molecule has 1 aromatic heterocycles. The topological polar surface area (TPSA) is 128 Å². The number of hydrogen-bond acceptors (Lipinski definition) is 8. The zero-order valence-corrected chi connectivity index (χ0v) is 20.0. The first-order valence-corrected chi connectivity index (χ1v) is 11.6. The van der Waals surface area contributed by atoms with Gasteiger partial charge in [-0.2, -0.15) is 0 Å². The van der Waals surface area contributed by atoms with Crippen LogP contribution in [0.1, 0.15) is 5.56 Å². The first-order valence-electron chi connectivity index (χ1n) is 10.6. The number of carbonyl (C=O) groups excluding carboxylic acids is 1. The normalized spacial score (nSPS) is 10.6. The van der Waals surface area contributed by atoms with Gasteiger partial charge >= 0.3 is 0 Å². The quantitative estimate of drug-likeness (QED) is 0.153. The Labute approximate surface area is 209 Å². The monoisotopic (exact) mass is 503 g/mol. The zero-order chi connectivity index (χ0) is 25.7. The fourth-order valence-corrected chi connectivity index (χ4v) is 4.17. The molecule has 0 saturated heterocycles. The van der Waals surface area contributed by atoms with E-state index in [1.807, 2.05) is 0 Å². The third kappa shape index (κ3) is 5.36. The third-order valence-electron chi connectivity index (χ3n) is 5.17. The van der Waals surface area contributed by atoms with E-state index in [2.05, 4.69) is 22.4 Å². The Kier molecular flexibility index (Phi) is 7.31. The Hall–Kier alpha value is -4.64. The molecule has 0 saturated carbocycles. The number of non-ortho nitro benzene ring substituents is 1. The first kappa shape index (κ1) is 24.5. The molecular weight excluding hydrogens is 482 g/mol. The Morgan fingerprint density at radius 1 is 1.11 bits per heavy atom. The highest BCUT2D eigenvalue weighted by Crippen LogP contribution is 2.23. The summed E-state index contributed by atoms with van der Waals surface area (Å²) in [7, 11) is 1.56. The molecule has 0 radical (unpaired) electrons. The lowest BCUT2D eigenvalue weighted by molar-refractivity contribution is -0.384. The molecule has 4 rings (SSSR count). The number of thioether (sulfide) groups is 1. The summed E-state index contributed by atoms with van der Waals surface area (Å²) in [4.78, 5) is 40.9. The van der Waals surface area contributed by atoms with Crippen LogP contribution in [0.3, 0.4) is 0 Å². The number of aromatic nitrogens is 2. The highest BCUT2D eigenvalue weighted by molar-refractivity contribution is 7.99. The molecule has 0 unspecified atom stereocenters. The minimum Gasteiger partial charge on any atom is -0.497 e. The van der Waals surface area contributed by atoms with Gasteiger partial charge < -0.3 is 4.74 Å².